The van der Waals surface area contributed by atoms with Crippen LogP contribution in [0.15, 0.2) is 11.6 Å². The van der Waals surface area contributed by atoms with Crippen molar-refractivity contribution in [1.29, 1.82) is 0 Å². The van der Waals surface area contributed by atoms with E-state index in [9.17, 15) is 0 Å². The predicted octanol–water partition coefficient (Wildman–Crippen LogP) is 0.946. The molecule has 0 spiro atoms. The second kappa shape index (κ2) is 5.82. The van der Waals surface area contributed by atoms with Crippen molar-refractivity contribution in [2.75, 3.05) is 26.3 Å². The van der Waals surface area contributed by atoms with Crippen LogP contribution < -0.4 is 5.32 Å². The molecule has 0 aromatic rings. The molecule has 0 fully saturated rings. The molecule has 0 aromatic carbocycles. The van der Waals surface area contributed by atoms with Gasteiger partial charge in [-0.1, -0.05) is 17.6 Å². The standard InChI is InChI=1S/C10H15NO/c1-2-3-6-11-9-10-4-7-12-8-5-10/h4,11H,5-9H2,1H3. The summed E-state index contributed by atoms with van der Waals surface area (Å²) in [7, 11) is 0. The molecular formula is C10H15NO. The van der Waals surface area contributed by atoms with Crippen LogP contribution in [0.4, 0.5) is 0 Å². The molecule has 0 atom stereocenters. The van der Waals surface area contributed by atoms with Gasteiger partial charge in [-0.3, -0.25) is 0 Å². The zero-order valence-electron chi connectivity index (χ0n) is 7.52. The number of hydrogen-bond donors (Lipinski definition) is 1. The Morgan fingerprint density at radius 1 is 1.67 bits per heavy atom. The van der Waals surface area contributed by atoms with Gasteiger partial charge < -0.3 is 10.1 Å². The summed E-state index contributed by atoms with van der Waals surface area (Å²) < 4.78 is 5.20. The van der Waals surface area contributed by atoms with Crippen LogP contribution in [-0.4, -0.2) is 26.3 Å². The molecular weight excluding hydrogens is 150 g/mol. The summed E-state index contributed by atoms with van der Waals surface area (Å²) in [5, 5.41) is 3.26. The van der Waals surface area contributed by atoms with Crippen molar-refractivity contribution < 1.29 is 4.74 Å². The van der Waals surface area contributed by atoms with Crippen molar-refractivity contribution in [2.24, 2.45) is 0 Å². The summed E-state index contributed by atoms with van der Waals surface area (Å²) in [6.07, 6.45) is 3.21. The summed E-state index contributed by atoms with van der Waals surface area (Å²) in [4.78, 5) is 0. The van der Waals surface area contributed by atoms with E-state index in [1.807, 2.05) is 6.92 Å². The maximum atomic E-state index is 5.20. The Balaban J connectivity index is 2.12. The molecule has 0 unspecified atom stereocenters. The molecule has 1 N–H and O–H groups in total. The fourth-order valence-corrected chi connectivity index (χ4v) is 1.10. The Kier molecular flexibility index (Phi) is 4.51. The van der Waals surface area contributed by atoms with Gasteiger partial charge in [-0.15, -0.1) is 5.92 Å². The third-order valence-corrected chi connectivity index (χ3v) is 1.80. The van der Waals surface area contributed by atoms with Gasteiger partial charge >= 0.3 is 0 Å². The molecule has 1 heterocycles. The quantitative estimate of drug-likeness (QED) is 0.382. The van der Waals surface area contributed by atoms with E-state index in [0.717, 1.165) is 32.7 Å². The topological polar surface area (TPSA) is 21.3 Å². The maximum Gasteiger partial charge on any atom is 0.0650 e. The van der Waals surface area contributed by atoms with E-state index in [0.29, 0.717) is 0 Å². The zero-order chi connectivity index (χ0) is 8.65. The largest absolute Gasteiger partial charge is 0.377 e. The number of hydrogen-bond acceptors (Lipinski definition) is 2. The number of rotatable bonds is 3. The average molecular weight is 165 g/mol. The van der Waals surface area contributed by atoms with E-state index >= 15 is 0 Å². The highest BCUT2D eigenvalue weighted by Crippen LogP contribution is 2.05. The van der Waals surface area contributed by atoms with Gasteiger partial charge in [0, 0.05) is 6.54 Å². The van der Waals surface area contributed by atoms with Crippen LogP contribution in [0, 0.1) is 11.8 Å². The highest BCUT2D eigenvalue weighted by Gasteiger charge is 2.01. The minimum absolute atomic E-state index is 0.774. The molecule has 1 rings (SSSR count). The van der Waals surface area contributed by atoms with Crippen LogP contribution in [0.5, 0.6) is 0 Å². The number of ether oxygens (including phenoxy) is 1. The van der Waals surface area contributed by atoms with Crippen LogP contribution in [0.3, 0.4) is 0 Å². The molecule has 0 saturated carbocycles. The van der Waals surface area contributed by atoms with Gasteiger partial charge in [-0.2, -0.15) is 0 Å². The van der Waals surface area contributed by atoms with Gasteiger partial charge in [0.05, 0.1) is 19.8 Å². The lowest BCUT2D eigenvalue weighted by Gasteiger charge is -2.12. The van der Waals surface area contributed by atoms with Crippen molar-refractivity contribution >= 4 is 0 Å². The lowest BCUT2D eigenvalue weighted by atomic mass is 10.1. The molecule has 0 bridgehead atoms. The van der Waals surface area contributed by atoms with E-state index in [-0.39, 0.29) is 0 Å². The SMILES string of the molecule is CC#CCNCC1=CCOCC1. The van der Waals surface area contributed by atoms with Crippen molar-refractivity contribution in [1.82, 2.24) is 5.32 Å². The Bertz CT molecular complexity index is 210. The molecule has 0 radical (unpaired) electrons. The van der Waals surface area contributed by atoms with Gasteiger partial charge in [0.2, 0.25) is 0 Å². The minimum atomic E-state index is 0.774. The van der Waals surface area contributed by atoms with Gasteiger partial charge in [0.1, 0.15) is 0 Å². The van der Waals surface area contributed by atoms with Gasteiger partial charge in [-0.05, 0) is 13.3 Å². The Morgan fingerprint density at radius 3 is 3.25 bits per heavy atom. The molecule has 0 amide bonds. The van der Waals surface area contributed by atoms with Crippen molar-refractivity contribution in [3.63, 3.8) is 0 Å². The average Bonchev–Trinajstić information content (AvgIpc) is 2.14. The fourth-order valence-electron chi connectivity index (χ4n) is 1.10. The van der Waals surface area contributed by atoms with Crippen LogP contribution in [0.25, 0.3) is 0 Å². The summed E-state index contributed by atoms with van der Waals surface area (Å²) >= 11 is 0. The van der Waals surface area contributed by atoms with Crippen LogP contribution in [0.2, 0.25) is 0 Å². The minimum Gasteiger partial charge on any atom is -0.377 e. The van der Waals surface area contributed by atoms with Crippen LogP contribution >= 0.6 is 0 Å². The first-order chi connectivity index (χ1) is 5.93. The fraction of sp³-hybridized carbons (Fsp3) is 0.600. The molecule has 2 heteroatoms. The van der Waals surface area contributed by atoms with E-state index in [1.54, 1.807) is 0 Å². The van der Waals surface area contributed by atoms with Crippen molar-refractivity contribution in [3.8, 4) is 11.8 Å². The molecule has 0 saturated heterocycles. The smallest absolute Gasteiger partial charge is 0.0650 e. The molecule has 1 aliphatic rings. The zero-order valence-corrected chi connectivity index (χ0v) is 7.52. The van der Waals surface area contributed by atoms with E-state index in [1.165, 1.54) is 5.57 Å². The summed E-state index contributed by atoms with van der Waals surface area (Å²) in [6, 6.07) is 0. The lowest BCUT2D eigenvalue weighted by molar-refractivity contribution is 0.154. The van der Waals surface area contributed by atoms with Gasteiger partial charge in [-0.25, -0.2) is 0 Å². The second-order valence-corrected chi connectivity index (χ2v) is 2.72. The summed E-state index contributed by atoms with van der Waals surface area (Å²) in [5.74, 6) is 5.82. The third-order valence-electron chi connectivity index (χ3n) is 1.80. The summed E-state index contributed by atoms with van der Waals surface area (Å²) in [5.41, 5.74) is 1.44. The lowest BCUT2D eigenvalue weighted by Crippen LogP contribution is -2.20. The molecule has 1 aliphatic heterocycles. The molecule has 0 aromatic heterocycles. The Hall–Kier alpha value is -0.780. The molecule has 2 nitrogen and oxygen atoms in total. The first kappa shape index (κ1) is 9.31. The highest BCUT2D eigenvalue weighted by molar-refractivity contribution is 5.07. The first-order valence-electron chi connectivity index (χ1n) is 4.29. The van der Waals surface area contributed by atoms with Crippen molar-refractivity contribution in [2.45, 2.75) is 13.3 Å². The summed E-state index contributed by atoms with van der Waals surface area (Å²) in [6.45, 7) is 5.24. The van der Waals surface area contributed by atoms with E-state index < -0.39 is 0 Å². The van der Waals surface area contributed by atoms with Crippen LogP contribution in [-0.2, 0) is 4.74 Å². The van der Waals surface area contributed by atoms with Crippen molar-refractivity contribution in [3.05, 3.63) is 11.6 Å². The molecule has 12 heavy (non-hydrogen) atoms. The van der Waals surface area contributed by atoms with E-state index in [4.69, 9.17) is 4.74 Å². The normalized spacial score (nSPS) is 16.2. The Labute approximate surface area is 74.0 Å². The molecule has 66 valence electrons. The number of nitrogens with one attached hydrogen (secondary N) is 1. The third kappa shape index (κ3) is 3.56. The maximum absolute atomic E-state index is 5.20. The highest BCUT2D eigenvalue weighted by atomic mass is 16.5. The monoisotopic (exact) mass is 165 g/mol. The first-order valence-corrected chi connectivity index (χ1v) is 4.29. The van der Waals surface area contributed by atoms with E-state index in [2.05, 4.69) is 23.2 Å². The van der Waals surface area contributed by atoms with Gasteiger partial charge in [0.15, 0.2) is 0 Å². The Morgan fingerprint density at radius 2 is 2.58 bits per heavy atom. The second-order valence-electron chi connectivity index (χ2n) is 2.72. The van der Waals surface area contributed by atoms with Crippen LogP contribution in [0.1, 0.15) is 13.3 Å². The molecule has 0 aliphatic carbocycles. The predicted molar refractivity (Wildman–Crippen MR) is 49.8 cm³/mol. The van der Waals surface area contributed by atoms with Gasteiger partial charge in [0.25, 0.3) is 0 Å².